The van der Waals surface area contributed by atoms with Crippen LogP contribution in [-0.4, -0.2) is 24.1 Å². The molecule has 0 saturated carbocycles. The highest BCUT2D eigenvalue weighted by molar-refractivity contribution is 5.20. The Labute approximate surface area is 98.5 Å². The number of pyridine rings is 1. The summed E-state index contributed by atoms with van der Waals surface area (Å²) in [6.45, 7) is 8.45. The van der Waals surface area contributed by atoms with Crippen LogP contribution in [0.4, 0.5) is 0 Å². The highest BCUT2D eigenvalue weighted by Crippen LogP contribution is 2.20. The lowest BCUT2D eigenvalue weighted by molar-refractivity contribution is 0.458. The Morgan fingerprint density at radius 2 is 2.00 bits per heavy atom. The van der Waals surface area contributed by atoms with Crippen LogP contribution in [0.1, 0.15) is 32.8 Å². The molecule has 3 N–H and O–H groups in total. The third-order valence-electron chi connectivity index (χ3n) is 2.81. The summed E-state index contributed by atoms with van der Waals surface area (Å²) in [5.74, 6) is 0. The van der Waals surface area contributed by atoms with Crippen LogP contribution in [0.5, 0.6) is 0 Å². The van der Waals surface area contributed by atoms with Crippen molar-refractivity contribution in [2.75, 3.05) is 13.1 Å². The Morgan fingerprint density at radius 1 is 1.38 bits per heavy atom. The van der Waals surface area contributed by atoms with Gasteiger partial charge in [0.25, 0.3) is 0 Å². The van der Waals surface area contributed by atoms with Gasteiger partial charge >= 0.3 is 0 Å². The molecule has 1 atom stereocenters. The Hall–Kier alpha value is -0.930. The van der Waals surface area contributed by atoms with E-state index in [0.717, 1.165) is 19.5 Å². The maximum absolute atomic E-state index is 5.71. The van der Waals surface area contributed by atoms with E-state index in [0.29, 0.717) is 0 Å². The maximum atomic E-state index is 5.71. The van der Waals surface area contributed by atoms with Gasteiger partial charge in [-0.15, -0.1) is 0 Å². The van der Waals surface area contributed by atoms with Gasteiger partial charge in [0.1, 0.15) is 0 Å². The average molecular weight is 221 g/mol. The smallest absolute Gasteiger partial charge is 0.0270 e. The fraction of sp³-hybridized carbons (Fsp3) is 0.615. The predicted molar refractivity (Wildman–Crippen MR) is 68.4 cm³/mol. The second kappa shape index (κ2) is 5.97. The standard InChI is InChI=1S/C13H23N3/c1-11(14)4-7-16-10-13(2,3)12-5-8-15-9-6-12/h5-6,8-9,11,16H,4,7,10,14H2,1-3H3. The van der Waals surface area contributed by atoms with Crippen molar-refractivity contribution in [1.29, 1.82) is 0 Å². The minimum atomic E-state index is 0.140. The van der Waals surface area contributed by atoms with Crippen molar-refractivity contribution in [3.63, 3.8) is 0 Å². The van der Waals surface area contributed by atoms with E-state index in [4.69, 9.17) is 5.73 Å². The summed E-state index contributed by atoms with van der Waals surface area (Å²) in [4.78, 5) is 4.04. The van der Waals surface area contributed by atoms with Gasteiger partial charge in [0, 0.05) is 30.4 Å². The monoisotopic (exact) mass is 221 g/mol. The molecule has 1 heterocycles. The molecule has 0 radical (unpaired) electrons. The quantitative estimate of drug-likeness (QED) is 0.719. The lowest BCUT2D eigenvalue weighted by atomic mass is 9.85. The van der Waals surface area contributed by atoms with Crippen LogP contribution in [-0.2, 0) is 5.41 Å². The number of hydrogen-bond acceptors (Lipinski definition) is 3. The van der Waals surface area contributed by atoms with Crippen LogP contribution in [0.15, 0.2) is 24.5 Å². The van der Waals surface area contributed by atoms with Crippen molar-refractivity contribution in [3.05, 3.63) is 30.1 Å². The van der Waals surface area contributed by atoms with Crippen LogP contribution in [0, 0.1) is 0 Å². The third-order valence-corrected chi connectivity index (χ3v) is 2.81. The molecule has 1 rings (SSSR count). The predicted octanol–water partition coefficient (Wildman–Crippen LogP) is 1.69. The molecule has 0 saturated heterocycles. The van der Waals surface area contributed by atoms with Crippen molar-refractivity contribution in [2.24, 2.45) is 5.73 Å². The number of rotatable bonds is 6. The summed E-state index contributed by atoms with van der Waals surface area (Å²) in [7, 11) is 0. The lowest BCUT2D eigenvalue weighted by Gasteiger charge is -2.25. The first-order valence-corrected chi connectivity index (χ1v) is 5.89. The largest absolute Gasteiger partial charge is 0.328 e. The zero-order valence-electron chi connectivity index (χ0n) is 10.5. The molecule has 0 aliphatic heterocycles. The number of nitrogens with one attached hydrogen (secondary N) is 1. The zero-order valence-corrected chi connectivity index (χ0v) is 10.5. The number of nitrogens with zero attached hydrogens (tertiary/aromatic N) is 1. The summed E-state index contributed by atoms with van der Waals surface area (Å²) < 4.78 is 0. The molecule has 1 unspecified atom stereocenters. The molecule has 0 bridgehead atoms. The summed E-state index contributed by atoms with van der Waals surface area (Å²) in [5, 5.41) is 3.46. The fourth-order valence-electron chi connectivity index (χ4n) is 1.64. The van der Waals surface area contributed by atoms with Crippen LogP contribution in [0.25, 0.3) is 0 Å². The van der Waals surface area contributed by atoms with Gasteiger partial charge in [0.2, 0.25) is 0 Å². The first kappa shape index (κ1) is 13.1. The summed E-state index contributed by atoms with van der Waals surface area (Å²) in [6.07, 6.45) is 4.71. The zero-order chi connectivity index (χ0) is 12.0. The minimum absolute atomic E-state index is 0.140. The molecule has 0 aliphatic carbocycles. The van der Waals surface area contributed by atoms with Crippen molar-refractivity contribution >= 4 is 0 Å². The molecule has 16 heavy (non-hydrogen) atoms. The van der Waals surface area contributed by atoms with Crippen LogP contribution < -0.4 is 11.1 Å². The first-order chi connectivity index (χ1) is 7.52. The van der Waals surface area contributed by atoms with Gasteiger partial charge in [-0.1, -0.05) is 13.8 Å². The second-order valence-corrected chi connectivity index (χ2v) is 5.06. The SMILES string of the molecule is CC(N)CCNCC(C)(C)c1ccncc1. The minimum Gasteiger partial charge on any atom is -0.328 e. The average Bonchev–Trinajstić information content (AvgIpc) is 2.26. The van der Waals surface area contributed by atoms with Gasteiger partial charge in [0.05, 0.1) is 0 Å². The van der Waals surface area contributed by atoms with Crippen molar-refractivity contribution in [2.45, 2.75) is 38.6 Å². The van der Waals surface area contributed by atoms with Crippen molar-refractivity contribution in [1.82, 2.24) is 10.3 Å². The van der Waals surface area contributed by atoms with Gasteiger partial charge in [-0.2, -0.15) is 0 Å². The molecule has 1 aromatic rings. The van der Waals surface area contributed by atoms with Crippen molar-refractivity contribution < 1.29 is 0 Å². The Balaban J connectivity index is 2.40. The fourth-order valence-corrected chi connectivity index (χ4v) is 1.64. The Kier molecular flexibility index (Phi) is 4.90. The highest BCUT2D eigenvalue weighted by atomic mass is 14.9. The molecule has 3 heteroatoms. The summed E-state index contributed by atoms with van der Waals surface area (Å²) in [6, 6.07) is 4.43. The molecule has 3 nitrogen and oxygen atoms in total. The topological polar surface area (TPSA) is 50.9 Å². The Bertz CT molecular complexity index is 293. The molecular weight excluding hydrogens is 198 g/mol. The van der Waals surface area contributed by atoms with E-state index in [-0.39, 0.29) is 11.5 Å². The van der Waals surface area contributed by atoms with E-state index in [9.17, 15) is 0 Å². The summed E-state index contributed by atoms with van der Waals surface area (Å²) in [5.41, 5.74) is 7.16. The molecule has 0 fully saturated rings. The summed E-state index contributed by atoms with van der Waals surface area (Å²) >= 11 is 0. The first-order valence-electron chi connectivity index (χ1n) is 5.89. The van der Waals surface area contributed by atoms with E-state index < -0.39 is 0 Å². The molecule has 0 aromatic carbocycles. The normalized spacial score (nSPS) is 13.8. The molecule has 0 aliphatic rings. The molecular formula is C13H23N3. The van der Waals surface area contributed by atoms with Gasteiger partial charge in [-0.25, -0.2) is 0 Å². The highest BCUT2D eigenvalue weighted by Gasteiger charge is 2.19. The Morgan fingerprint density at radius 3 is 2.56 bits per heavy atom. The molecule has 0 amide bonds. The van der Waals surface area contributed by atoms with E-state index in [1.165, 1.54) is 5.56 Å². The van der Waals surface area contributed by atoms with Gasteiger partial charge in [-0.05, 0) is 37.6 Å². The van der Waals surface area contributed by atoms with Gasteiger partial charge in [-0.3, -0.25) is 4.98 Å². The lowest BCUT2D eigenvalue weighted by Crippen LogP contribution is -2.35. The number of nitrogens with two attached hydrogens (primary N) is 1. The van der Waals surface area contributed by atoms with Crippen LogP contribution >= 0.6 is 0 Å². The van der Waals surface area contributed by atoms with Crippen LogP contribution in [0.2, 0.25) is 0 Å². The van der Waals surface area contributed by atoms with E-state index >= 15 is 0 Å². The van der Waals surface area contributed by atoms with E-state index in [2.05, 4.69) is 36.3 Å². The third kappa shape index (κ3) is 4.29. The number of hydrogen-bond donors (Lipinski definition) is 2. The molecule has 90 valence electrons. The maximum Gasteiger partial charge on any atom is 0.0270 e. The van der Waals surface area contributed by atoms with E-state index in [1.807, 2.05) is 19.3 Å². The molecule has 0 spiro atoms. The second-order valence-electron chi connectivity index (χ2n) is 5.06. The van der Waals surface area contributed by atoms with Crippen molar-refractivity contribution in [3.8, 4) is 0 Å². The van der Waals surface area contributed by atoms with Gasteiger partial charge in [0.15, 0.2) is 0 Å². The van der Waals surface area contributed by atoms with Gasteiger partial charge < -0.3 is 11.1 Å². The number of aromatic nitrogens is 1. The van der Waals surface area contributed by atoms with Crippen LogP contribution in [0.3, 0.4) is 0 Å². The molecule has 1 aromatic heterocycles. The van der Waals surface area contributed by atoms with E-state index in [1.54, 1.807) is 0 Å².